The molecule has 7 heteroatoms. The Balaban J connectivity index is 1.62. The van der Waals surface area contributed by atoms with Crippen LogP contribution >= 0.6 is 11.8 Å². The van der Waals surface area contributed by atoms with E-state index < -0.39 is 0 Å². The molecule has 0 N–H and O–H groups in total. The van der Waals surface area contributed by atoms with Crippen LogP contribution in [-0.2, 0) is 4.74 Å². The van der Waals surface area contributed by atoms with E-state index in [0.717, 1.165) is 52.1 Å². The van der Waals surface area contributed by atoms with Gasteiger partial charge in [-0.15, -0.1) is 10.2 Å². The third kappa shape index (κ3) is 4.42. The fraction of sp³-hybridized carbons (Fsp3) is 0.348. The van der Waals surface area contributed by atoms with Crippen molar-refractivity contribution in [1.82, 2.24) is 14.8 Å². The molecule has 4 rings (SSSR count). The van der Waals surface area contributed by atoms with Crippen LogP contribution in [0.4, 0.5) is 5.95 Å². The number of nitrogens with zero attached hydrogens (tertiary/aromatic N) is 4. The Morgan fingerprint density at radius 1 is 1.03 bits per heavy atom. The highest BCUT2D eigenvalue weighted by atomic mass is 32.2. The minimum absolute atomic E-state index is 0.101. The molecule has 6 nitrogen and oxygen atoms in total. The van der Waals surface area contributed by atoms with Crippen molar-refractivity contribution in [2.24, 2.45) is 0 Å². The van der Waals surface area contributed by atoms with Gasteiger partial charge >= 0.3 is 0 Å². The number of aromatic nitrogens is 3. The first kappa shape index (κ1) is 20.6. The predicted octanol–water partition coefficient (Wildman–Crippen LogP) is 4.00. The fourth-order valence-electron chi connectivity index (χ4n) is 3.65. The summed E-state index contributed by atoms with van der Waals surface area (Å²) in [6, 6.07) is 14.2. The van der Waals surface area contributed by atoms with Gasteiger partial charge in [0.2, 0.25) is 5.95 Å². The van der Waals surface area contributed by atoms with Crippen molar-refractivity contribution in [2.75, 3.05) is 37.0 Å². The number of carbonyl (C=O) groups excluding carboxylic acids is 1. The molecule has 0 bridgehead atoms. The molecule has 1 fully saturated rings. The van der Waals surface area contributed by atoms with Crippen LogP contribution in [0.2, 0.25) is 0 Å². The Bertz CT molecular complexity index is 1060. The van der Waals surface area contributed by atoms with Gasteiger partial charge in [-0.3, -0.25) is 9.36 Å². The highest BCUT2D eigenvalue weighted by Gasteiger charge is 2.22. The van der Waals surface area contributed by atoms with Gasteiger partial charge in [0.15, 0.2) is 10.9 Å². The van der Waals surface area contributed by atoms with E-state index in [0.29, 0.717) is 19.0 Å². The number of hydrogen-bond donors (Lipinski definition) is 0. The van der Waals surface area contributed by atoms with Crippen molar-refractivity contribution in [2.45, 2.75) is 25.9 Å². The van der Waals surface area contributed by atoms with Gasteiger partial charge in [0.05, 0.1) is 24.7 Å². The zero-order valence-electron chi connectivity index (χ0n) is 17.6. The second kappa shape index (κ2) is 9.02. The first-order valence-electron chi connectivity index (χ1n) is 10.1. The summed E-state index contributed by atoms with van der Waals surface area (Å²) in [5, 5.41) is 9.64. The van der Waals surface area contributed by atoms with E-state index in [-0.39, 0.29) is 5.78 Å². The summed E-state index contributed by atoms with van der Waals surface area (Å²) in [5.41, 5.74) is 5.10. The molecule has 1 aliphatic heterocycles. The summed E-state index contributed by atoms with van der Waals surface area (Å²) in [5.74, 6) is 1.21. The molecule has 2 aromatic carbocycles. The molecule has 3 aromatic rings. The molecule has 156 valence electrons. The van der Waals surface area contributed by atoms with Crippen LogP contribution in [0.1, 0.15) is 27.0 Å². The van der Waals surface area contributed by atoms with Gasteiger partial charge in [-0.2, -0.15) is 0 Å². The number of ketones is 1. The van der Waals surface area contributed by atoms with E-state index in [1.807, 2.05) is 38.1 Å². The number of hydrogen-bond acceptors (Lipinski definition) is 6. The Morgan fingerprint density at radius 2 is 1.80 bits per heavy atom. The van der Waals surface area contributed by atoms with E-state index >= 15 is 0 Å². The van der Waals surface area contributed by atoms with E-state index in [1.165, 1.54) is 11.8 Å². The number of Topliss-reactive ketones (excluding diaryl/α,β-unsaturated/α-hetero) is 1. The van der Waals surface area contributed by atoms with Gasteiger partial charge in [0, 0.05) is 18.7 Å². The van der Waals surface area contributed by atoms with Gasteiger partial charge in [-0.05, 0) is 44.0 Å². The SMILES string of the molecule is Cc1cccc(-n2c(SCC(=O)c3ccc(C)cc3C)nnc2N2CCOCC2)c1. The molecule has 1 aromatic heterocycles. The topological polar surface area (TPSA) is 60.2 Å². The molecule has 0 aliphatic carbocycles. The molecular formula is C23H26N4O2S. The first-order chi connectivity index (χ1) is 14.5. The quantitative estimate of drug-likeness (QED) is 0.442. The standard InChI is InChI=1S/C23H26N4O2S/c1-16-5-4-6-19(14-16)27-22(26-9-11-29-12-10-26)24-25-23(27)30-15-21(28)20-8-7-17(2)13-18(20)3/h4-8,13-14H,9-12,15H2,1-3H3. The van der Waals surface area contributed by atoms with Gasteiger partial charge in [-0.1, -0.05) is 47.7 Å². The molecule has 1 saturated heterocycles. The van der Waals surface area contributed by atoms with Crippen LogP contribution in [0.3, 0.4) is 0 Å². The fourth-order valence-corrected chi connectivity index (χ4v) is 4.48. The monoisotopic (exact) mass is 422 g/mol. The lowest BCUT2D eigenvalue weighted by molar-refractivity contribution is 0.102. The summed E-state index contributed by atoms with van der Waals surface area (Å²) in [6.45, 7) is 8.98. The van der Waals surface area contributed by atoms with E-state index in [1.54, 1.807) is 0 Å². The Morgan fingerprint density at radius 3 is 2.53 bits per heavy atom. The molecule has 30 heavy (non-hydrogen) atoms. The van der Waals surface area contributed by atoms with Crippen molar-refractivity contribution in [3.8, 4) is 5.69 Å². The molecule has 0 radical (unpaired) electrons. The van der Waals surface area contributed by atoms with Crippen molar-refractivity contribution >= 4 is 23.5 Å². The second-order valence-electron chi connectivity index (χ2n) is 7.59. The van der Waals surface area contributed by atoms with E-state index in [4.69, 9.17) is 4.74 Å². The van der Waals surface area contributed by atoms with Crippen LogP contribution in [0, 0.1) is 20.8 Å². The van der Waals surface area contributed by atoms with Crippen LogP contribution in [0.15, 0.2) is 47.6 Å². The van der Waals surface area contributed by atoms with E-state index in [9.17, 15) is 4.79 Å². The van der Waals surface area contributed by atoms with Gasteiger partial charge in [-0.25, -0.2) is 0 Å². The molecule has 0 spiro atoms. The van der Waals surface area contributed by atoms with Crippen molar-refractivity contribution in [3.63, 3.8) is 0 Å². The first-order valence-corrected chi connectivity index (χ1v) is 11.1. The molecule has 0 saturated carbocycles. The maximum Gasteiger partial charge on any atom is 0.232 e. The minimum Gasteiger partial charge on any atom is -0.378 e. The third-order valence-electron chi connectivity index (χ3n) is 5.18. The number of thioether (sulfide) groups is 1. The zero-order chi connectivity index (χ0) is 21.1. The molecular weight excluding hydrogens is 396 g/mol. The molecule has 0 amide bonds. The summed E-state index contributed by atoms with van der Waals surface area (Å²) < 4.78 is 7.55. The average molecular weight is 423 g/mol. The number of morpholine rings is 1. The Kier molecular flexibility index (Phi) is 6.20. The molecule has 0 atom stereocenters. The third-order valence-corrected chi connectivity index (χ3v) is 6.11. The summed E-state index contributed by atoms with van der Waals surface area (Å²) in [7, 11) is 0. The lowest BCUT2D eigenvalue weighted by atomic mass is 10.0. The lowest BCUT2D eigenvalue weighted by Crippen LogP contribution is -2.37. The second-order valence-corrected chi connectivity index (χ2v) is 8.53. The summed E-state index contributed by atoms with van der Waals surface area (Å²) in [4.78, 5) is 15.0. The largest absolute Gasteiger partial charge is 0.378 e. The summed E-state index contributed by atoms with van der Waals surface area (Å²) in [6.07, 6.45) is 0. The number of rotatable bonds is 6. The van der Waals surface area contributed by atoms with Gasteiger partial charge in [0.1, 0.15) is 0 Å². The highest BCUT2D eigenvalue weighted by molar-refractivity contribution is 7.99. The maximum absolute atomic E-state index is 12.9. The van der Waals surface area contributed by atoms with Crippen LogP contribution in [0.25, 0.3) is 5.69 Å². The Hall–Kier alpha value is -2.64. The highest BCUT2D eigenvalue weighted by Crippen LogP contribution is 2.28. The predicted molar refractivity (Wildman–Crippen MR) is 120 cm³/mol. The van der Waals surface area contributed by atoms with Crippen molar-refractivity contribution < 1.29 is 9.53 Å². The van der Waals surface area contributed by atoms with Crippen LogP contribution < -0.4 is 4.90 Å². The number of benzene rings is 2. The average Bonchev–Trinajstić information content (AvgIpc) is 3.16. The molecule has 0 unspecified atom stereocenters. The van der Waals surface area contributed by atoms with Crippen LogP contribution in [-0.4, -0.2) is 52.6 Å². The number of carbonyl (C=O) groups is 1. The Labute approximate surface area is 181 Å². The van der Waals surface area contributed by atoms with E-state index in [2.05, 4.69) is 44.8 Å². The maximum atomic E-state index is 12.9. The summed E-state index contributed by atoms with van der Waals surface area (Å²) >= 11 is 1.43. The number of aryl methyl sites for hydroxylation is 3. The smallest absolute Gasteiger partial charge is 0.232 e. The van der Waals surface area contributed by atoms with Crippen molar-refractivity contribution in [3.05, 3.63) is 64.7 Å². The minimum atomic E-state index is 0.101. The molecule has 2 heterocycles. The normalized spacial score (nSPS) is 14.2. The number of ether oxygens (including phenoxy) is 1. The molecule has 1 aliphatic rings. The van der Waals surface area contributed by atoms with Crippen molar-refractivity contribution in [1.29, 1.82) is 0 Å². The van der Waals surface area contributed by atoms with Gasteiger partial charge < -0.3 is 9.64 Å². The van der Waals surface area contributed by atoms with Crippen LogP contribution in [0.5, 0.6) is 0 Å². The number of anilines is 1. The zero-order valence-corrected chi connectivity index (χ0v) is 18.4. The lowest BCUT2D eigenvalue weighted by Gasteiger charge is -2.28. The van der Waals surface area contributed by atoms with Gasteiger partial charge in [0.25, 0.3) is 0 Å².